The van der Waals surface area contributed by atoms with E-state index in [9.17, 15) is 31.5 Å². The van der Waals surface area contributed by atoms with Crippen LogP contribution in [0.5, 0.6) is 11.6 Å². The van der Waals surface area contributed by atoms with Gasteiger partial charge in [0.1, 0.15) is 17.0 Å². The van der Waals surface area contributed by atoms with Gasteiger partial charge in [-0.15, -0.1) is 0 Å². The number of aliphatic carboxylic acids is 1. The van der Waals surface area contributed by atoms with Crippen LogP contribution < -0.4 is 10.1 Å². The van der Waals surface area contributed by atoms with Gasteiger partial charge in [0.2, 0.25) is 5.88 Å². The highest BCUT2D eigenvalue weighted by Crippen LogP contribution is 2.35. The topological polar surface area (TPSA) is 93.5 Å². The van der Waals surface area contributed by atoms with Crippen molar-refractivity contribution in [3.05, 3.63) is 77.5 Å². The molecule has 0 radical (unpaired) electrons. The number of nitrogens with one attached hydrogen (secondary N) is 1. The first-order chi connectivity index (χ1) is 16.8. The molecule has 0 aliphatic heterocycles. The van der Waals surface area contributed by atoms with Crippen molar-refractivity contribution < 1.29 is 41.4 Å². The Morgan fingerprint density at radius 3 is 2.42 bits per heavy atom. The number of ether oxygens (including phenoxy) is 1. The van der Waals surface area contributed by atoms with Gasteiger partial charge >= 0.3 is 12.1 Å². The predicted molar refractivity (Wildman–Crippen MR) is 123 cm³/mol. The number of aromatic nitrogens is 2. The quantitative estimate of drug-likeness (QED) is 0.240. The molecule has 1 unspecified atom stereocenters. The van der Waals surface area contributed by atoms with Crippen LogP contribution in [-0.4, -0.2) is 32.8 Å². The third kappa shape index (κ3) is 8.07. The number of hydrogen-bond acceptors (Lipinski definition) is 4. The number of carboxylic acids is 1. The molecule has 0 fully saturated rings. The molecule has 1 atom stereocenters. The average molecular weight is 515 g/mol. The van der Waals surface area contributed by atoms with E-state index in [1.54, 1.807) is 0 Å². The first-order valence-corrected chi connectivity index (χ1v) is 10.6. The van der Waals surface area contributed by atoms with Crippen molar-refractivity contribution in [3.8, 4) is 11.6 Å². The second-order valence-corrected chi connectivity index (χ2v) is 6.88. The summed E-state index contributed by atoms with van der Waals surface area (Å²) in [6, 6.07) is 2.89. The summed E-state index contributed by atoms with van der Waals surface area (Å²) in [7, 11) is 1.20. The highest BCUT2D eigenvalue weighted by Gasteiger charge is 2.33. The molecule has 2 aromatic rings. The van der Waals surface area contributed by atoms with Crippen LogP contribution in [0.3, 0.4) is 0 Å². The van der Waals surface area contributed by atoms with Gasteiger partial charge in [-0.05, 0) is 30.7 Å². The van der Waals surface area contributed by atoms with E-state index < -0.39 is 53.2 Å². The normalized spacial score (nSPS) is 12.7. The van der Waals surface area contributed by atoms with E-state index in [1.165, 1.54) is 38.3 Å². The van der Waals surface area contributed by atoms with Gasteiger partial charge in [-0.3, -0.25) is 4.79 Å². The average Bonchev–Trinajstić information content (AvgIpc) is 3.13. The van der Waals surface area contributed by atoms with Gasteiger partial charge in [0.15, 0.2) is 0 Å². The minimum Gasteiger partial charge on any atom is -0.478 e. The van der Waals surface area contributed by atoms with Crippen molar-refractivity contribution in [2.24, 2.45) is 7.05 Å². The summed E-state index contributed by atoms with van der Waals surface area (Å²) in [6.07, 6.45) is -3.14. The van der Waals surface area contributed by atoms with Crippen LogP contribution in [0.4, 0.5) is 22.0 Å². The number of nitrogens with zero attached hydrogens (tertiary/aromatic N) is 2. The van der Waals surface area contributed by atoms with E-state index in [1.807, 2.05) is 13.8 Å². The summed E-state index contributed by atoms with van der Waals surface area (Å²) in [5.74, 6) is -3.07. The van der Waals surface area contributed by atoms with E-state index in [0.717, 1.165) is 22.9 Å². The van der Waals surface area contributed by atoms with Crippen molar-refractivity contribution >= 4 is 11.9 Å². The number of allylic oxidation sites excluding steroid dienone is 2. The van der Waals surface area contributed by atoms with Gasteiger partial charge in [-0.25, -0.2) is 18.3 Å². The molecule has 1 amide bonds. The number of amides is 1. The molecule has 0 saturated heterocycles. The zero-order valence-corrected chi connectivity index (χ0v) is 19.9. The van der Waals surface area contributed by atoms with E-state index in [0.29, 0.717) is 11.6 Å². The molecule has 2 rings (SSSR count). The number of alkyl halides is 5. The molecule has 7 nitrogen and oxygen atoms in total. The molecule has 2 N–H and O–H groups in total. The van der Waals surface area contributed by atoms with Crippen molar-refractivity contribution in [1.82, 2.24) is 15.1 Å². The minimum atomic E-state index is -4.67. The Balaban J connectivity index is 0.00000316. The largest absolute Gasteiger partial charge is 0.478 e. The Bertz CT molecular complexity index is 1140. The fraction of sp³-hybridized carbons (Fsp3) is 0.292. The Morgan fingerprint density at radius 1 is 1.25 bits per heavy atom. The molecule has 0 bridgehead atoms. The van der Waals surface area contributed by atoms with E-state index in [2.05, 4.69) is 17.0 Å². The summed E-state index contributed by atoms with van der Waals surface area (Å²) >= 11 is 0. The smallest absolute Gasteiger partial charge is 0.416 e. The molecule has 0 aliphatic carbocycles. The highest BCUT2D eigenvalue weighted by molar-refractivity contribution is 5.98. The molecule has 12 heteroatoms. The lowest BCUT2D eigenvalue weighted by molar-refractivity contribution is -0.137. The van der Waals surface area contributed by atoms with Crippen molar-refractivity contribution in [2.75, 3.05) is 0 Å². The molecular formula is C24H26F5N3O4. The minimum absolute atomic E-state index is 0.341. The molecule has 1 heterocycles. The van der Waals surface area contributed by atoms with Crippen LogP contribution in [0.2, 0.25) is 0 Å². The Morgan fingerprint density at radius 2 is 1.89 bits per heavy atom. The SMILES string of the molecule is C=C/C(=C\C=C\C(=O)O)C(C)NC(=O)c1c(C(F)F)nn(C)c1Oc1cccc(C(F)(F)F)c1.CC. The standard InChI is InChI=1S/C22H20F5N3O4.C2H6/c1-4-13(7-5-10-16(31)32)12(2)28-20(33)17-18(19(23)24)29-30(3)21(17)34-15-9-6-8-14(11-15)22(25,26)27;1-2/h4-12,19H,1H2,2-3H3,(H,28,33)(H,31,32);1-2H3/b10-5+,13-7+;. The number of rotatable bonds is 9. The van der Waals surface area contributed by atoms with Gasteiger partial charge in [-0.2, -0.15) is 18.3 Å². The van der Waals surface area contributed by atoms with Crippen LogP contribution in [-0.2, 0) is 18.0 Å². The molecule has 1 aromatic heterocycles. The summed E-state index contributed by atoms with van der Waals surface area (Å²) in [5, 5.41) is 14.7. The maximum Gasteiger partial charge on any atom is 0.416 e. The second kappa shape index (κ2) is 13.2. The molecule has 0 spiro atoms. The Kier molecular flexibility index (Phi) is 11.0. The maximum absolute atomic E-state index is 13.6. The van der Waals surface area contributed by atoms with E-state index >= 15 is 0 Å². The lowest BCUT2D eigenvalue weighted by atomic mass is 10.1. The second-order valence-electron chi connectivity index (χ2n) is 6.88. The number of aryl methyl sites for hydroxylation is 1. The van der Waals surface area contributed by atoms with Crippen LogP contribution in [0.1, 0.15) is 48.8 Å². The van der Waals surface area contributed by atoms with E-state index in [-0.39, 0.29) is 5.75 Å². The number of carbonyl (C=O) groups is 2. The summed E-state index contributed by atoms with van der Waals surface area (Å²) in [6.45, 7) is 9.05. The van der Waals surface area contributed by atoms with Crippen LogP contribution in [0.15, 0.2) is 60.7 Å². The monoisotopic (exact) mass is 515 g/mol. The molecule has 36 heavy (non-hydrogen) atoms. The number of carbonyl (C=O) groups excluding carboxylic acids is 1. The first kappa shape index (κ1) is 30.1. The number of carboxylic acid groups (broad SMARTS) is 1. The number of benzene rings is 1. The van der Waals surface area contributed by atoms with Gasteiger partial charge in [-0.1, -0.05) is 44.7 Å². The van der Waals surface area contributed by atoms with Crippen molar-refractivity contribution in [3.63, 3.8) is 0 Å². The number of halogens is 5. The Hall–Kier alpha value is -3.96. The molecule has 1 aromatic carbocycles. The van der Waals surface area contributed by atoms with Crippen molar-refractivity contribution in [1.29, 1.82) is 0 Å². The molecule has 0 saturated carbocycles. The summed E-state index contributed by atoms with van der Waals surface area (Å²) in [4.78, 5) is 23.5. The van der Waals surface area contributed by atoms with Gasteiger partial charge in [0, 0.05) is 13.1 Å². The van der Waals surface area contributed by atoms with Gasteiger partial charge < -0.3 is 15.2 Å². The zero-order chi connectivity index (χ0) is 27.6. The predicted octanol–water partition coefficient (Wildman–Crippen LogP) is 6.07. The summed E-state index contributed by atoms with van der Waals surface area (Å²) < 4.78 is 72.4. The Labute approximate surface area is 204 Å². The summed E-state index contributed by atoms with van der Waals surface area (Å²) in [5.41, 5.74) is -2.26. The van der Waals surface area contributed by atoms with Gasteiger partial charge in [0.05, 0.1) is 11.6 Å². The lowest BCUT2D eigenvalue weighted by Gasteiger charge is -2.16. The number of hydrogen-bond donors (Lipinski definition) is 2. The van der Waals surface area contributed by atoms with Crippen molar-refractivity contribution in [2.45, 2.75) is 39.4 Å². The lowest BCUT2D eigenvalue weighted by Crippen LogP contribution is -2.34. The third-order valence-corrected chi connectivity index (χ3v) is 4.44. The molecule has 196 valence electrons. The molecule has 0 aliphatic rings. The first-order valence-electron chi connectivity index (χ1n) is 10.6. The van der Waals surface area contributed by atoms with Crippen LogP contribution >= 0.6 is 0 Å². The highest BCUT2D eigenvalue weighted by atomic mass is 19.4. The van der Waals surface area contributed by atoms with Crippen LogP contribution in [0.25, 0.3) is 0 Å². The maximum atomic E-state index is 13.6. The van der Waals surface area contributed by atoms with Crippen LogP contribution in [0, 0.1) is 0 Å². The zero-order valence-electron chi connectivity index (χ0n) is 19.9. The fourth-order valence-corrected chi connectivity index (χ4v) is 2.84. The van der Waals surface area contributed by atoms with E-state index in [4.69, 9.17) is 9.84 Å². The van der Waals surface area contributed by atoms with Gasteiger partial charge in [0.25, 0.3) is 12.3 Å². The third-order valence-electron chi connectivity index (χ3n) is 4.44. The fourth-order valence-electron chi connectivity index (χ4n) is 2.84. The molecular weight excluding hydrogens is 489 g/mol.